The van der Waals surface area contributed by atoms with Gasteiger partial charge in [0.05, 0.1) is 5.76 Å². The Bertz CT molecular complexity index is 1020. The average molecular weight is 1260 g/mol. The van der Waals surface area contributed by atoms with Crippen molar-refractivity contribution < 1.29 is 163 Å². The number of nitrogens with zero attached hydrogens (tertiary/aromatic N) is 6. The Balaban J connectivity index is -0.000000893. The van der Waals surface area contributed by atoms with Crippen molar-refractivity contribution in [3.8, 4) is 0 Å². The van der Waals surface area contributed by atoms with Crippen LogP contribution in [0, 0.1) is 0 Å². The Morgan fingerprint density at radius 2 is 0.585 bits per heavy atom. The molecular weight excluding hydrogens is 1220 g/mol. The second-order valence-electron chi connectivity index (χ2n) is 11.1. The van der Waals surface area contributed by atoms with Crippen LogP contribution < -0.4 is 0 Å². The average Bonchev–Trinajstić information content (AvgIpc) is 2.99. The van der Waals surface area contributed by atoms with Crippen molar-refractivity contribution in [2.75, 3.05) is 39.3 Å². The maximum atomic E-state index is 10.7. The summed E-state index contributed by atoms with van der Waals surface area (Å²) in [5, 5.41) is 137. The topological polar surface area (TPSA) is 413 Å². The van der Waals surface area contributed by atoms with Gasteiger partial charge in [-0.2, -0.15) is 0 Å². The number of carboxylic acids is 5. The van der Waals surface area contributed by atoms with Gasteiger partial charge in [0, 0.05) is 121 Å². The largest absolute Gasteiger partial charge is 0.655 e. The second kappa shape index (κ2) is 28.4. The minimum atomic E-state index is -1.62. The van der Waals surface area contributed by atoms with Crippen molar-refractivity contribution in [1.29, 1.82) is 0 Å². The van der Waals surface area contributed by atoms with E-state index in [2.05, 4.69) is 38.5 Å². The third kappa shape index (κ3) is 19.6. The number of hydrogen-bond acceptors (Lipinski definition) is 12. The van der Waals surface area contributed by atoms with E-state index in [4.69, 9.17) is 30.6 Å². The summed E-state index contributed by atoms with van der Waals surface area (Å²) in [5.74, 6) is -6.50. The fraction of sp³-hybridized carbons (Fsp3) is 0.741. The second-order valence-corrected chi connectivity index (χ2v) is 11.1. The van der Waals surface area contributed by atoms with Crippen LogP contribution in [0.3, 0.4) is 0 Å². The summed E-state index contributed by atoms with van der Waals surface area (Å²) in [4.78, 5) is 53.2. The molecule has 23 nitrogen and oxygen atoms in total. The zero-order chi connectivity index (χ0) is 38.3. The molecule has 0 spiro atoms. The van der Waals surface area contributed by atoms with Gasteiger partial charge < -0.3 is 93.2 Å². The van der Waals surface area contributed by atoms with Crippen LogP contribution in [0.1, 0.15) is 12.8 Å². The summed E-state index contributed by atoms with van der Waals surface area (Å²) in [6.07, 6.45) is -9.61. The zero-order valence-electron chi connectivity index (χ0n) is 27.9. The molecule has 0 aromatic heterocycles. The number of aliphatic hydroxyl groups excluding tert-OH is 7. The summed E-state index contributed by atoms with van der Waals surface area (Å²) in [6.45, 7) is 0.176. The molecule has 53 heavy (non-hydrogen) atoms. The number of carboxylic acid groups (broad SMARTS) is 5. The first kappa shape index (κ1) is 56.4. The first-order chi connectivity index (χ1) is 23.3. The van der Waals surface area contributed by atoms with Crippen LogP contribution in [0.4, 0.5) is 0 Å². The summed E-state index contributed by atoms with van der Waals surface area (Å²) in [7, 11) is 0. The molecular formula is C27H42Hf3N6O17-6. The Morgan fingerprint density at radius 1 is 0.377 bits per heavy atom. The van der Waals surface area contributed by atoms with E-state index >= 15 is 0 Å². The molecule has 2 fully saturated rings. The maximum absolute atomic E-state index is 10.7. The molecule has 8 unspecified atom stereocenters. The summed E-state index contributed by atoms with van der Waals surface area (Å²) in [6, 6.07) is -7.86. The molecule has 2 aliphatic rings. The molecule has 8 atom stereocenters. The smallest absolute Gasteiger partial charge is 0.301 e. The van der Waals surface area contributed by atoms with Crippen LogP contribution in [-0.4, -0.2) is 203 Å². The molecule has 0 radical (unpaired) electrons. The van der Waals surface area contributed by atoms with Crippen LogP contribution in [0.25, 0.3) is 31.9 Å². The molecule has 0 aromatic rings. The predicted octanol–water partition coefficient (Wildman–Crippen LogP) is -3.11. The molecule has 2 saturated carbocycles. The Kier molecular flexibility index (Phi) is 30.2. The molecule has 2 rings (SSSR count). The third-order valence-electron chi connectivity index (χ3n) is 7.35. The van der Waals surface area contributed by atoms with Crippen molar-refractivity contribution in [3.63, 3.8) is 0 Å². The van der Waals surface area contributed by atoms with Gasteiger partial charge >= 0.3 is 5.97 Å². The Hall–Kier alpha value is -0.980. The standard InChI is InChI=1S/C14H22N3O8.C13H20N3O9.3Hf/c1-6(18)2-3-15-9-12(23)10(16-4-7(19)20)14(25)11(13(9)24)17-5-8(21)22;17-5(18)1-2-14-8-11(23)9(15-3-6(19)20)13(25)10(12(8)24)16-4-7(21)22;;;/h9-14,18,23-25H,1-5H2,(H,19,20)(H,21,22);8-13,23-25H,1-4H2,(H,17,18)(H,19,20)(H,21,22);;;/q2*-3;;;. The van der Waals surface area contributed by atoms with Crippen LogP contribution in [0.15, 0.2) is 12.3 Å². The van der Waals surface area contributed by atoms with Gasteiger partial charge in [-0.25, -0.2) is 0 Å². The first-order valence-electron chi connectivity index (χ1n) is 14.8. The molecule has 0 aromatic carbocycles. The first-order valence-corrected chi connectivity index (χ1v) is 14.8. The van der Waals surface area contributed by atoms with E-state index < -0.39 is 129 Å². The summed E-state index contributed by atoms with van der Waals surface area (Å²) in [5.41, 5.74) is 0. The maximum Gasteiger partial charge on any atom is 0.301 e. The molecule has 300 valence electrons. The molecule has 0 saturated heterocycles. The van der Waals surface area contributed by atoms with E-state index in [-0.39, 0.29) is 109 Å². The minimum absolute atomic E-state index is 0. The van der Waals surface area contributed by atoms with Crippen LogP contribution in [-0.2, 0) is 102 Å². The van der Waals surface area contributed by atoms with Gasteiger partial charge in [-0.3, -0.25) is 24.0 Å². The Morgan fingerprint density at radius 3 is 0.774 bits per heavy atom. The van der Waals surface area contributed by atoms with Gasteiger partial charge in [-0.05, 0) is 32.6 Å². The van der Waals surface area contributed by atoms with Crippen molar-refractivity contribution in [1.82, 2.24) is 0 Å². The van der Waals surface area contributed by atoms with Crippen molar-refractivity contribution in [2.45, 2.75) is 85.7 Å². The molecule has 0 heterocycles. The minimum Gasteiger partial charge on any atom is -0.655 e. The van der Waals surface area contributed by atoms with Gasteiger partial charge in [-0.15, -0.1) is 13.1 Å². The van der Waals surface area contributed by atoms with Crippen molar-refractivity contribution >= 4 is 29.8 Å². The van der Waals surface area contributed by atoms with Crippen molar-refractivity contribution in [2.24, 2.45) is 0 Å². The van der Waals surface area contributed by atoms with Crippen molar-refractivity contribution in [3.05, 3.63) is 44.2 Å². The molecule has 12 N–H and O–H groups in total. The van der Waals surface area contributed by atoms with Gasteiger partial charge in [0.25, 0.3) is 23.9 Å². The molecule has 26 heteroatoms. The SMILES string of the molecule is C=C(O)CC[N-]C1C(O)C([N-]CC(=O)O)C(O)C([N-]CC(=O)O)C1O.O=C(O)CC[N-]C1C(O)C([N-]CC(=O)O)C(O)C([N-]CC(=O)O)C1O.[Hf].[Hf].[Hf]. The Labute approximate surface area is 359 Å². The fourth-order valence-corrected chi connectivity index (χ4v) is 5.11. The number of rotatable bonds is 20. The molecule has 0 amide bonds. The summed E-state index contributed by atoms with van der Waals surface area (Å²) < 4.78 is 0. The summed E-state index contributed by atoms with van der Waals surface area (Å²) >= 11 is 0. The monoisotopic (exact) mass is 1260 g/mol. The zero-order valence-corrected chi connectivity index (χ0v) is 38.7. The van der Waals surface area contributed by atoms with E-state index in [9.17, 15) is 54.6 Å². The third-order valence-corrected chi connectivity index (χ3v) is 7.35. The molecule has 2 aliphatic carbocycles. The molecule has 0 bridgehead atoms. The normalized spacial score (nSPS) is 30.5. The van der Waals surface area contributed by atoms with E-state index in [0.29, 0.717) is 0 Å². The van der Waals surface area contributed by atoms with Crippen LogP contribution in [0.5, 0.6) is 0 Å². The van der Waals surface area contributed by atoms with Crippen LogP contribution in [0.2, 0.25) is 0 Å². The predicted molar refractivity (Wildman–Crippen MR) is 167 cm³/mol. The van der Waals surface area contributed by atoms with Gasteiger partial charge in [0.2, 0.25) is 0 Å². The van der Waals surface area contributed by atoms with Crippen LogP contribution >= 0.6 is 0 Å². The van der Waals surface area contributed by atoms with Gasteiger partial charge in [0.15, 0.2) is 0 Å². The number of hydrogen-bond donors (Lipinski definition) is 12. The van der Waals surface area contributed by atoms with Gasteiger partial charge in [0.1, 0.15) is 0 Å². The fourth-order valence-electron chi connectivity index (χ4n) is 5.11. The quantitative estimate of drug-likeness (QED) is 0.0424. The van der Waals surface area contributed by atoms with E-state index in [1.807, 2.05) is 0 Å². The van der Waals surface area contributed by atoms with Gasteiger partial charge in [-0.1, -0.05) is 42.8 Å². The number of carbonyl (C=O) groups is 5. The number of aliphatic hydroxyl groups is 7. The van der Waals surface area contributed by atoms with E-state index in [0.717, 1.165) is 0 Å². The van der Waals surface area contributed by atoms with E-state index in [1.54, 1.807) is 0 Å². The number of aliphatic carboxylic acids is 5. The van der Waals surface area contributed by atoms with E-state index in [1.165, 1.54) is 0 Å². The molecule has 0 aliphatic heterocycles.